The highest BCUT2D eigenvalue weighted by atomic mass is 16.2. The molecule has 4 heteroatoms. The van der Waals surface area contributed by atoms with Crippen LogP contribution in [0.1, 0.15) is 84.0 Å². The van der Waals surface area contributed by atoms with Gasteiger partial charge >= 0.3 is 6.03 Å². The molecule has 0 aromatic carbocycles. The van der Waals surface area contributed by atoms with Gasteiger partial charge in [-0.05, 0) is 12.8 Å². The second-order valence-corrected chi connectivity index (χ2v) is 6.06. The van der Waals surface area contributed by atoms with E-state index in [-0.39, 0.29) is 11.9 Å². The van der Waals surface area contributed by atoms with Crippen molar-refractivity contribution in [1.82, 2.24) is 10.2 Å². The minimum absolute atomic E-state index is 0.0319. The molecule has 0 unspecified atom stereocenters. The van der Waals surface area contributed by atoms with Crippen LogP contribution < -0.4 is 5.32 Å². The average molecular weight is 296 g/mol. The summed E-state index contributed by atoms with van der Waals surface area (Å²) in [5, 5.41) is 2.85. The second-order valence-electron chi connectivity index (χ2n) is 6.06. The van der Waals surface area contributed by atoms with E-state index in [4.69, 9.17) is 0 Å². The summed E-state index contributed by atoms with van der Waals surface area (Å²) in [5.41, 5.74) is 0. The van der Waals surface area contributed by atoms with E-state index in [2.05, 4.69) is 12.2 Å². The Kier molecular flexibility index (Phi) is 9.92. The summed E-state index contributed by atoms with van der Waals surface area (Å²) in [6, 6.07) is -0.201. The van der Waals surface area contributed by atoms with Crippen molar-refractivity contribution >= 4 is 11.9 Å². The smallest absolute Gasteiger partial charge is 0.324 e. The summed E-state index contributed by atoms with van der Waals surface area (Å²) in [7, 11) is 0. The Morgan fingerprint density at radius 3 is 2.10 bits per heavy atom. The number of hydrogen-bond acceptors (Lipinski definition) is 2. The van der Waals surface area contributed by atoms with E-state index in [9.17, 15) is 9.59 Å². The zero-order valence-corrected chi connectivity index (χ0v) is 13.7. The Bertz CT molecular complexity index is 305. The van der Waals surface area contributed by atoms with Crippen LogP contribution in [0, 0.1) is 0 Å². The van der Waals surface area contributed by atoms with Gasteiger partial charge in [-0.3, -0.25) is 9.69 Å². The third kappa shape index (κ3) is 8.08. The number of rotatable bonds is 11. The number of carbonyl (C=O) groups is 2. The first-order chi connectivity index (χ1) is 10.3. The number of unbranched alkanes of at least 4 members (excludes halogenated alkanes) is 9. The number of likely N-dealkylation sites (tertiary alicyclic amines) is 1. The fourth-order valence-corrected chi connectivity index (χ4v) is 2.77. The number of amides is 3. The zero-order chi connectivity index (χ0) is 15.3. The maximum absolute atomic E-state index is 11.7. The maximum Gasteiger partial charge on any atom is 0.324 e. The highest BCUT2D eigenvalue weighted by Gasteiger charge is 2.25. The van der Waals surface area contributed by atoms with Gasteiger partial charge in [0.15, 0.2) is 0 Å². The fourth-order valence-electron chi connectivity index (χ4n) is 2.77. The van der Waals surface area contributed by atoms with Gasteiger partial charge in [0, 0.05) is 19.5 Å². The molecular formula is C17H32N2O2. The minimum Gasteiger partial charge on any atom is -0.338 e. The van der Waals surface area contributed by atoms with E-state index in [1.807, 2.05) is 0 Å². The van der Waals surface area contributed by atoms with Crippen molar-refractivity contribution in [2.24, 2.45) is 0 Å². The Labute approximate surface area is 129 Å². The van der Waals surface area contributed by atoms with Gasteiger partial charge in [-0.25, -0.2) is 4.79 Å². The molecule has 122 valence electrons. The summed E-state index contributed by atoms with van der Waals surface area (Å²) in [5.74, 6) is -0.0319. The predicted octanol–water partition coefficient (Wildman–Crippen LogP) is 4.24. The van der Waals surface area contributed by atoms with E-state index in [0.29, 0.717) is 19.5 Å². The molecule has 0 aromatic heterocycles. The van der Waals surface area contributed by atoms with Crippen LogP contribution in [0.15, 0.2) is 0 Å². The Hall–Kier alpha value is -1.06. The second kappa shape index (κ2) is 11.6. The Balaban J connectivity index is 1.84. The van der Waals surface area contributed by atoms with Gasteiger partial charge in [-0.2, -0.15) is 0 Å². The summed E-state index contributed by atoms with van der Waals surface area (Å²) < 4.78 is 0. The van der Waals surface area contributed by atoms with Crippen LogP contribution in [0.4, 0.5) is 4.79 Å². The first kappa shape index (κ1) is 18.0. The standard InChI is InChI=1S/C17H32N2O2/c1-2-3-4-5-6-7-8-9-10-11-14-18-17(21)19-15-12-13-16(19)20/h2-15H2,1H3,(H,18,21). The molecule has 1 N–H and O–H groups in total. The van der Waals surface area contributed by atoms with Crippen LogP contribution >= 0.6 is 0 Å². The minimum atomic E-state index is -0.201. The normalized spacial score (nSPS) is 14.7. The van der Waals surface area contributed by atoms with Gasteiger partial charge in [0.25, 0.3) is 0 Å². The van der Waals surface area contributed by atoms with Crippen molar-refractivity contribution in [1.29, 1.82) is 0 Å². The SMILES string of the molecule is CCCCCCCCCCCCNC(=O)N1CCCC1=O. The maximum atomic E-state index is 11.7. The fraction of sp³-hybridized carbons (Fsp3) is 0.882. The molecule has 1 heterocycles. The number of hydrogen-bond donors (Lipinski definition) is 1. The Morgan fingerprint density at radius 1 is 1.00 bits per heavy atom. The Morgan fingerprint density at radius 2 is 1.57 bits per heavy atom. The largest absolute Gasteiger partial charge is 0.338 e. The van der Waals surface area contributed by atoms with E-state index in [1.165, 1.54) is 62.7 Å². The molecule has 21 heavy (non-hydrogen) atoms. The summed E-state index contributed by atoms with van der Waals surface area (Å²) in [6.45, 7) is 3.53. The van der Waals surface area contributed by atoms with E-state index in [1.54, 1.807) is 0 Å². The molecule has 1 saturated heterocycles. The molecule has 0 saturated carbocycles. The molecule has 0 aliphatic carbocycles. The van der Waals surface area contributed by atoms with Crippen LogP contribution in [-0.4, -0.2) is 29.9 Å². The van der Waals surface area contributed by atoms with Gasteiger partial charge in [-0.1, -0.05) is 64.7 Å². The summed E-state index contributed by atoms with van der Waals surface area (Å²) in [6.07, 6.45) is 14.3. The van der Waals surface area contributed by atoms with E-state index < -0.39 is 0 Å². The van der Waals surface area contributed by atoms with Crippen LogP contribution in [-0.2, 0) is 4.79 Å². The van der Waals surface area contributed by atoms with Gasteiger partial charge in [0.2, 0.25) is 5.91 Å². The third-order valence-electron chi connectivity index (χ3n) is 4.13. The van der Waals surface area contributed by atoms with Crippen LogP contribution in [0.5, 0.6) is 0 Å². The summed E-state index contributed by atoms with van der Waals surface area (Å²) in [4.78, 5) is 24.4. The first-order valence-corrected chi connectivity index (χ1v) is 8.84. The predicted molar refractivity (Wildman–Crippen MR) is 86.2 cm³/mol. The molecule has 3 amide bonds. The molecule has 0 aromatic rings. The lowest BCUT2D eigenvalue weighted by Gasteiger charge is -2.14. The molecule has 1 fully saturated rings. The van der Waals surface area contributed by atoms with Gasteiger partial charge in [0.05, 0.1) is 0 Å². The van der Waals surface area contributed by atoms with Crippen molar-refractivity contribution in [3.8, 4) is 0 Å². The number of carbonyl (C=O) groups excluding carboxylic acids is 2. The topological polar surface area (TPSA) is 49.4 Å². The first-order valence-electron chi connectivity index (χ1n) is 8.84. The molecule has 0 bridgehead atoms. The van der Waals surface area contributed by atoms with Gasteiger partial charge in [-0.15, -0.1) is 0 Å². The quantitative estimate of drug-likeness (QED) is 0.580. The van der Waals surface area contributed by atoms with Crippen molar-refractivity contribution in [3.05, 3.63) is 0 Å². The molecule has 0 radical (unpaired) electrons. The van der Waals surface area contributed by atoms with Crippen molar-refractivity contribution in [2.75, 3.05) is 13.1 Å². The third-order valence-corrected chi connectivity index (χ3v) is 4.13. The molecule has 0 atom stereocenters. The van der Waals surface area contributed by atoms with Crippen molar-refractivity contribution < 1.29 is 9.59 Å². The molecule has 1 aliphatic heterocycles. The van der Waals surface area contributed by atoms with Crippen LogP contribution in [0.25, 0.3) is 0 Å². The molecular weight excluding hydrogens is 264 g/mol. The lowest BCUT2D eigenvalue weighted by atomic mass is 10.1. The number of imide groups is 1. The molecule has 4 nitrogen and oxygen atoms in total. The van der Waals surface area contributed by atoms with Gasteiger partial charge in [0.1, 0.15) is 0 Å². The number of urea groups is 1. The van der Waals surface area contributed by atoms with Crippen LogP contribution in [0.2, 0.25) is 0 Å². The lowest BCUT2D eigenvalue weighted by Crippen LogP contribution is -2.40. The summed E-state index contributed by atoms with van der Waals surface area (Å²) >= 11 is 0. The highest BCUT2D eigenvalue weighted by molar-refractivity contribution is 5.95. The number of nitrogens with one attached hydrogen (secondary N) is 1. The lowest BCUT2D eigenvalue weighted by molar-refractivity contribution is -0.125. The van der Waals surface area contributed by atoms with Gasteiger partial charge < -0.3 is 5.32 Å². The van der Waals surface area contributed by atoms with Crippen molar-refractivity contribution in [2.45, 2.75) is 84.0 Å². The average Bonchev–Trinajstić information content (AvgIpc) is 2.91. The molecule has 1 aliphatic rings. The molecule has 0 spiro atoms. The highest BCUT2D eigenvalue weighted by Crippen LogP contribution is 2.11. The number of nitrogens with zero attached hydrogens (tertiary/aromatic N) is 1. The van der Waals surface area contributed by atoms with Crippen molar-refractivity contribution in [3.63, 3.8) is 0 Å². The molecule has 1 rings (SSSR count). The van der Waals surface area contributed by atoms with Crippen LogP contribution in [0.3, 0.4) is 0 Å². The van der Waals surface area contributed by atoms with E-state index in [0.717, 1.165) is 12.8 Å². The van der Waals surface area contributed by atoms with E-state index >= 15 is 0 Å². The monoisotopic (exact) mass is 296 g/mol. The zero-order valence-electron chi connectivity index (χ0n) is 13.7.